The molecule has 3 aromatic carbocycles. The number of hydrogen-bond donors (Lipinski definition) is 0. The maximum absolute atomic E-state index is 5.83. The van der Waals surface area contributed by atoms with Crippen molar-refractivity contribution in [2.45, 2.75) is 13.0 Å². The molecule has 0 saturated carbocycles. The molecule has 22 heavy (non-hydrogen) atoms. The number of hydrogen-bond acceptors (Lipinski definition) is 1. The van der Waals surface area contributed by atoms with E-state index in [2.05, 4.69) is 83.3 Å². The van der Waals surface area contributed by atoms with Gasteiger partial charge in [0.05, 0.1) is 0 Å². The van der Waals surface area contributed by atoms with E-state index in [-0.39, 0.29) is 0 Å². The summed E-state index contributed by atoms with van der Waals surface area (Å²) in [5.41, 5.74) is 3.82. The summed E-state index contributed by atoms with van der Waals surface area (Å²) in [5, 5.41) is 0. The fourth-order valence-electron chi connectivity index (χ4n) is 2.28. The van der Waals surface area contributed by atoms with Crippen LogP contribution in [-0.4, -0.2) is 0 Å². The summed E-state index contributed by atoms with van der Waals surface area (Å²) in [6.07, 6.45) is 0.957. The Balaban J connectivity index is 1.58. The largest absolute Gasteiger partial charge is 0.489 e. The van der Waals surface area contributed by atoms with E-state index in [0.717, 1.165) is 12.2 Å². The van der Waals surface area contributed by atoms with Gasteiger partial charge in [-0.1, -0.05) is 54.6 Å². The fourth-order valence-corrected chi connectivity index (χ4v) is 2.64. The Morgan fingerprint density at radius 1 is 0.636 bits per heavy atom. The van der Waals surface area contributed by atoms with Gasteiger partial charge >= 0.3 is 0 Å². The Kier molecular flexibility index (Phi) is 5.11. The molecule has 0 bridgehead atoms. The molecule has 0 aliphatic heterocycles. The minimum Gasteiger partial charge on any atom is -0.489 e. The number of rotatable bonds is 5. The standard InChI is InChI=1S/C20H17IO/c21-19-10-6-18(7-11-19)15-22-20-12-8-17(9-13-20)14-16-4-2-1-3-5-16/h1-13H,14-15H2. The molecule has 0 aromatic heterocycles. The van der Waals surface area contributed by atoms with Crippen molar-refractivity contribution in [3.05, 3.63) is 99.1 Å². The lowest BCUT2D eigenvalue weighted by Crippen LogP contribution is -1.95. The van der Waals surface area contributed by atoms with Crippen molar-refractivity contribution in [3.63, 3.8) is 0 Å². The van der Waals surface area contributed by atoms with E-state index >= 15 is 0 Å². The molecule has 1 nitrogen and oxygen atoms in total. The summed E-state index contributed by atoms with van der Waals surface area (Å²) in [4.78, 5) is 0. The molecule has 2 heteroatoms. The molecule has 0 saturated heterocycles. The van der Waals surface area contributed by atoms with Gasteiger partial charge in [0, 0.05) is 3.57 Å². The maximum atomic E-state index is 5.83. The molecule has 3 rings (SSSR count). The van der Waals surface area contributed by atoms with Gasteiger partial charge in [-0.3, -0.25) is 0 Å². The van der Waals surface area contributed by atoms with E-state index in [1.807, 2.05) is 18.2 Å². The lowest BCUT2D eigenvalue weighted by Gasteiger charge is -2.08. The zero-order valence-electron chi connectivity index (χ0n) is 12.2. The molecule has 0 radical (unpaired) electrons. The molecule has 0 fully saturated rings. The zero-order valence-corrected chi connectivity index (χ0v) is 14.4. The van der Waals surface area contributed by atoms with E-state index in [0.29, 0.717) is 6.61 Å². The number of benzene rings is 3. The van der Waals surface area contributed by atoms with Crippen LogP contribution in [0.15, 0.2) is 78.9 Å². The normalized spacial score (nSPS) is 10.4. The van der Waals surface area contributed by atoms with Crippen LogP contribution in [0.1, 0.15) is 16.7 Å². The third kappa shape index (κ3) is 4.34. The van der Waals surface area contributed by atoms with Crippen molar-refractivity contribution in [2.75, 3.05) is 0 Å². The molecule has 0 atom stereocenters. The number of ether oxygens (including phenoxy) is 1. The van der Waals surface area contributed by atoms with E-state index < -0.39 is 0 Å². The molecule has 0 aliphatic carbocycles. The molecule has 110 valence electrons. The Labute approximate surface area is 145 Å². The second kappa shape index (κ2) is 7.45. The highest BCUT2D eigenvalue weighted by Crippen LogP contribution is 2.17. The van der Waals surface area contributed by atoms with Gasteiger partial charge < -0.3 is 4.74 Å². The first kappa shape index (κ1) is 15.1. The lowest BCUT2D eigenvalue weighted by atomic mass is 10.1. The van der Waals surface area contributed by atoms with Crippen LogP contribution in [0.2, 0.25) is 0 Å². The first-order chi connectivity index (χ1) is 10.8. The van der Waals surface area contributed by atoms with Crippen molar-refractivity contribution in [2.24, 2.45) is 0 Å². The van der Waals surface area contributed by atoms with E-state index in [1.54, 1.807) is 0 Å². The molecule has 0 amide bonds. The predicted molar refractivity (Wildman–Crippen MR) is 99.2 cm³/mol. The number of halogens is 1. The van der Waals surface area contributed by atoms with Gasteiger partial charge in [0.25, 0.3) is 0 Å². The zero-order chi connectivity index (χ0) is 15.2. The van der Waals surface area contributed by atoms with Crippen LogP contribution in [0.4, 0.5) is 0 Å². The van der Waals surface area contributed by atoms with Crippen LogP contribution in [0.25, 0.3) is 0 Å². The summed E-state index contributed by atoms with van der Waals surface area (Å²) in [6, 6.07) is 27.3. The van der Waals surface area contributed by atoms with Crippen molar-refractivity contribution in [1.29, 1.82) is 0 Å². The molecule has 0 N–H and O–H groups in total. The monoisotopic (exact) mass is 400 g/mol. The predicted octanol–water partition coefficient (Wildman–Crippen LogP) is 5.46. The van der Waals surface area contributed by atoms with E-state index in [1.165, 1.54) is 20.3 Å². The van der Waals surface area contributed by atoms with Gasteiger partial charge in [-0.15, -0.1) is 0 Å². The maximum Gasteiger partial charge on any atom is 0.119 e. The third-order valence-corrected chi connectivity index (χ3v) is 4.21. The topological polar surface area (TPSA) is 9.23 Å². The van der Waals surface area contributed by atoms with Gasteiger partial charge in [0.1, 0.15) is 12.4 Å². The van der Waals surface area contributed by atoms with Crippen molar-refractivity contribution >= 4 is 22.6 Å². The lowest BCUT2D eigenvalue weighted by molar-refractivity contribution is 0.306. The SMILES string of the molecule is Ic1ccc(COc2ccc(Cc3ccccc3)cc2)cc1. The molecule has 0 aliphatic rings. The van der Waals surface area contributed by atoms with Crippen LogP contribution in [0, 0.1) is 3.57 Å². The van der Waals surface area contributed by atoms with Crippen LogP contribution >= 0.6 is 22.6 Å². The Hall–Kier alpha value is -1.81. The molecule has 0 unspecified atom stereocenters. The molecular formula is C20H17IO. The van der Waals surface area contributed by atoms with Crippen LogP contribution in [-0.2, 0) is 13.0 Å². The molecule has 3 aromatic rings. The van der Waals surface area contributed by atoms with Crippen molar-refractivity contribution in [1.82, 2.24) is 0 Å². The fraction of sp³-hybridized carbons (Fsp3) is 0.100. The smallest absolute Gasteiger partial charge is 0.119 e. The van der Waals surface area contributed by atoms with Gasteiger partial charge in [0.15, 0.2) is 0 Å². The van der Waals surface area contributed by atoms with Crippen LogP contribution in [0.3, 0.4) is 0 Å². The van der Waals surface area contributed by atoms with Gasteiger partial charge in [0.2, 0.25) is 0 Å². The van der Waals surface area contributed by atoms with E-state index in [9.17, 15) is 0 Å². The van der Waals surface area contributed by atoms with Crippen LogP contribution < -0.4 is 4.74 Å². The summed E-state index contributed by atoms with van der Waals surface area (Å²) < 4.78 is 7.08. The van der Waals surface area contributed by atoms with Gasteiger partial charge in [-0.2, -0.15) is 0 Å². The van der Waals surface area contributed by atoms with Gasteiger partial charge in [-0.05, 0) is 70.0 Å². The Bertz CT molecular complexity index is 703. The molecular weight excluding hydrogens is 383 g/mol. The highest BCUT2D eigenvalue weighted by atomic mass is 127. The first-order valence-corrected chi connectivity index (χ1v) is 8.37. The average Bonchev–Trinajstić information content (AvgIpc) is 2.57. The summed E-state index contributed by atoms with van der Waals surface area (Å²) >= 11 is 2.31. The highest BCUT2D eigenvalue weighted by molar-refractivity contribution is 14.1. The quantitative estimate of drug-likeness (QED) is 0.517. The Morgan fingerprint density at radius 2 is 1.23 bits per heavy atom. The summed E-state index contributed by atoms with van der Waals surface area (Å²) in [5.74, 6) is 0.912. The van der Waals surface area contributed by atoms with Crippen LogP contribution in [0.5, 0.6) is 5.75 Å². The summed E-state index contributed by atoms with van der Waals surface area (Å²) in [7, 11) is 0. The van der Waals surface area contributed by atoms with E-state index in [4.69, 9.17) is 4.74 Å². The highest BCUT2D eigenvalue weighted by Gasteiger charge is 1.99. The average molecular weight is 400 g/mol. The van der Waals surface area contributed by atoms with Gasteiger partial charge in [-0.25, -0.2) is 0 Å². The third-order valence-electron chi connectivity index (χ3n) is 3.49. The van der Waals surface area contributed by atoms with Crippen molar-refractivity contribution < 1.29 is 4.74 Å². The Morgan fingerprint density at radius 3 is 1.91 bits per heavy atom. The second-order valence-corrected chi connectivity index (χ2v) is 6.47. The molecule has 0 spiro atoms. The summed E-state index contributed by atoms with van der Waals surface area (Å²) in [6.45, 7) is 0.606. The second-order valence-electron chi connectivity index (χ2n) is 5.22. The molecule has 0 heterocycles. The first-order valence-electron chi connectivity index (χ1n) is 7.30. The minimum absolute atomic E-state index is 0.606. The van der Waals surface area contributed by atoms with Crippen molar-refractivity contribution in [3.8, 4) is 5.75 Å². The minimum atomic E-state index is 0.606.